The monoisotopic (exact) mass is 243 g/mol. The molecule has 0 atom stereocenters. The van der Waals surface area contributed by atoms with E-state index in [-0.39, 0.29) is 0 Å². The van der Waals surface area contributed by atoms with Crippen LogP contribution in [-0.2, 0) is 0 Å². The Labute approximate surface area is 103 Å². The number of aryl methyl sites for hydroxylation is 1. The highest BCUT2D eigenvalue weighted by molar-refractivity contribution is 6.31. The molecule has 3 nitrogen and oxygen atoms in total. The highest BCUT2D eigenvalue weighted by Crippen LogP contribution is 2.28. The maximum Gasteiger partial charge on any atom is 0.141 e. The van der Waals surface area contributed by atoms with Gasteiger partial charge in [0.1, 0.15) is 12.0 Å². The van der Waals surface area contributed by atoms with Gasteiger partial charge in [-0.1, -0.05) is 23.7 Å². The Kier molecular flexibility index (Phi) is 2.34. The maximum atomic E-state index is 6.14. The SMILES string of the molecule is Cc1ccc(-c2ncnc3[nH]ccc23)cc1Cl. The fourth-order valence-electron chi connectivity index (χ4n) is 1.84. The number of fused-ring (bicyclic) bond motifs is 1. The van der Waals surface area contributed by atoms with Gasteiger partial charge in [0.25, 0.3) is 0 Å². The Hall–Kier alpha value is -1.87. The van der Waals surface area contributed by atoms with Crippen molar-refractivity contribution in [2.24, 2.45) is 0 Å². The van der Waals surface area contributed by atoms with Gasteiger partial charge in [-0.2, -0.15) is 0 Å². The maximum absolute atomic E-state index is 6.14. The normalized spacial score (nSPS) is 10.9. The molecule has 3 rings (SSSR count). The summed E-state index contributed by atoms with van der Waals surface area (Å²) in [7, 11) is 0. The lowest BCUT2D eigenvalue weighted by atomic mass is 10.1. The molecule has 0 amide bonds. The summed E-state index contributed by atoms with van der Waals surface area (Å²) in [6, 6.07) is 7.93. The fourth-order valence-corrected chi connectivity index (χ4v) is 2.02. The highest BCUT2D eigenvalue weighted by Gasteiger charge is 2.07. The first kappa shape index (κ1) is 10.3. The molecule has 1 aromatic carbocycles. The first-order chi connectivity index (χ1) is 8.25. The number of rotatable bonds is 1. The molecule has 1 N–H and O–H groups in total. The van der Waals surface area contributed by atoms with Gasteiger partial charge >= 0.3 is 0 Å². The van der Waals surface area contributed by atoms with Crippen LogP contribution in [-0.4, -0.2) is 15.0 Å². The van der Waals surface area contributed by atoms with Crippen molar-refractivity contribution >= 4 is 22.6 Å². The van der Waals surface area contributed by atoms with Crippen molar-refractivity contribution in [1.82, 2.24) is 15.0 Å². The molecule has 0 aliphatic heterocycles. The smallest absolute Gasteiger partial charge is 0.141 e. The Balaban J connectivity index is 2.26. The number of hydrogen-bond donors (Lipinski definition) is 1. The molecule has 0 aliphatic rings. The standard InChI is InChI=1S/C13H10ClN3/c1-8-2-3-9(6-11(8)14)12-10-4-5-15-13(10)17-7-16-12/h2-7H,1H3,(H,15,16,17). The van der Waals surface area contributed by atoms with Crippen LogP contribution in [0.25, 0.3) is 22.3 Å². The van der Waals surface area contributed by atoms with E-state index in [9.17, 15) is 0 Å². The van der Waals surface area contributed by atoms with E-state index >= 15 is 0 Å². The molecular formula is C13H10ClN3. The zero-order valence-corrected chi connectivity index (χ0v) is 9.99. The Bertz CT molecular complexity index is 688. The number of hydrogen-bond acceptors (Lipinski definition) is 2. The zero-order chi connectivity index (χ0) is 11.8. The van der Waals surface area contributed by atoms with E-state index in [0.717, 1.165) is 32.9 Å². The van der Waals surface area contributed by atoms with Gasteiger partial charge in [-0.15, -0.1) is 0 Å². The molecule has 2 aromatic heterocycles. The van der Waals surface area contributed by atoms with E-state index in [2.05, 4.69) is 15.0 Å². The van der Waals surface area contributed by atoms with Crippen molar-refractivity contribution in [2.75, 3.05) is 0 Å². The molecule has 0 saturated heterocycles. The van der Waals surface area contributed by atoms with E-state index in [1.807, 2.05) is 37.4 Å². The molecule has 0 unspecified atom stereocenters. The first-order valence-electron chi connectivity index (χ1n) is 5.30. The van der Waals surface area contributed by atoms with Crippen LogP contribution in [0.3, 0.4) is 0 Å². The number of nitrogens with one attached hydrogen (secondary N) is 1. The fraction of sp³-hybridized carbons (Fsp3) is 0.0769. The minimum Gasteiger partial charge on any atom is -0.346 e. The van der Waals surface area contributed by atoms with Crippen molar-refractivity contribution in [3.63, 3.8) is 0 Å². The summed E-state index contributed by atoms with van der Waals surface area (Å²) in [5, 5.41) is 1.76. The molecule has 2 heterocycles. The van der Waals surface area contributed by atoms with Crippen LogP contribution in [0.4, 0.5) is 0 Å². The largest absolute Gasteiger partial charge is 0.346 e. The molecule has 84 valence electrons. The van der Waals surface area contributed by atoms with E-state index < -0.39 is 0 Å². The van der Waals surface area contributed by atoms with Crippen LogP contribution < -0.4 is 0 Å². The van der Waals surface area contributed by atoms with Gasteiger partial charge in [0.05, 0.1) is 5.69 Å². The van der Waals surface area contributed by atoms with Crippen LogP contribution in [0.2, 0.25) is 5.02 Å². The van der Waals surface area contributed by atoms with Crippen LogP contribution >= 0.6 is 11.6 Å². The lowest BCUT2D eigenvalue weighted by Gasteiger charge is -2.04. The molecule has 17 heavy (non-hydrogen) atoms. The Morgan fingerprint density at radius 3 is 2.88 bits per heavy atom. The lowest BCUT2D eigenvalue weighted by molar-refractivity contribution is 1.20. The third-order valence-electron chi connectivity index (χ3n) is 2.80. The van der Waals surface area contributed by atoms with Crippen molar-refractivity contribution in [2.45, 2.75) is 6.92 Å². The zero-order valence-electron chi connectivity index (χ0n) is 9.24. The lowest BCUT2D eigenvalue weighted by Crippen LogP contribution is -1.87. The Morgan fingerprint density at radius 2 is 2.06 bits per heavy atom. The highest BCUT2D eigenvalue weighted by atomic mass is 35.5. The molecule has 0 saturated carbocycles. The number of H-pyrrole nitrogens is 1. The molecule has 0 aliphatic carbocycles. The van der Waals surface area contributed by atoms with Crippen molar-refractivity contribution in [1.29, 1.82) is 0 Å². The quantitative estimate of drug-likeness (QED) is 0.710. The summed E-state index contributed by atoms with van der Waals surface area (Å²) in [6.45, 7) is 1.98. The molecular weight excluding hydrogens is 234 g/mol. The molecule has 3 aromatic rings. The minimum atomic E-state index is 0.754. The number of aromatic amines is 1. The van der Waals surface area contributed by atoms with Crippen LogP contribution in [0.1, 0.15) is 5.56 Å². The summed E-state index contributed by atoms with van der Waals surface area (Å²) in [4.78, 5) is 11.6. The predicted octanol–water partition coefficient (Wildman–Crippen LogP) is 3.59. The second kappa shape index (κ2) is 3.86. The van der Waals surface area contributed by atoms with Gasteiger partial charge in [0.2, 0.25) is 0 Å². The molecule has 0 spiro atoms. The van der Waals surface area contributed by atoms with E-state index in [0.29, 0.717) is 0 Å². The summed E-state index contributed by atoms with van der Waals surface area (Å²) in [6.07, 6.45) is 3.42. The van der Waals surface area contributed by atoms with E-state index in [1.54, 1.807) is 6.33 Å². The number of aromatic nitrogens is 3. The summed E-state index contributed by atoms with van der Waals surface area (Å²) >= 11 is 6.14. The molecule has 0 fully saturated rings. The molecule has 0 radical (unpaired) electrons. The third kappa shape index (κ3) is 1.68. The van der Waals surface area contributed by atoms with Crippen LogP contribution in [0, 0.1) is 6.92 Å². The number of nitrogens with zero attached hydrogens (tertiary/aromatic N) is 2. The van der Waals surface area contributed by atoms with Crippen LogP contribution in [0.5, 0.6) is 0 Å². The predicted molar refractivity (Wildman–Crippen MR) is 69.1 cm³/mol. The van der Waals surface area contributed by atoms with E-state index in [1.165, 1.54) is 0 Å². The topological polar surface area (TPSA) is 41.6 Å². The summed E-state index contributed by atoms with van der Waals surface area (Å²) in [5.41, 5.74) is 3.81. The van der Waals surface area contributed by atoms with Crippen LogP contribution in [0.15, 0.2) is 36.8 Å². The van der Waals surface area contributed by atoms with Crippen molar-refractivity contribution in [3.05, 3.63) is 47.4 Å². The number of halogens is 1. The van der Waals surface area contributed by atoms with Crippen molar-refractivity contribution < 1.29 is 0 Å². The average Bonchev–Trinajstić information content (AvgIpc) is 2.80. The van der Waals surface area contributed by atoms with Gasteiger partial charge in [-0.05, 0) is 24.6 Å². The molecule has 0 bridgehead atoms. The van der Waals surface area contributed by atoms with Gasteiger partial charge in [0, 0.05) is 22.2 Å². The van der Waals surface area contributed by atoms with Gasteiger partial charge < -0.3 is 4.98 Å². The minimum absolute atomic E-state index is 0.754. The van der Waals surface area contributed by atoms with Crippen molar-refractivity contribution in [3.8, 4) is 11.3 Å². The van der Waals surface area contributed by atoms with Gasteiger partial charge in [0.15, 0.2) is 0 Å². The molecule has 4 heteroatoms. The number of benzene rings is 1. The average molecular weight is 244 g/mol. The van der Waals surface area contributed by atoms with E-state index in [4.69, 9.17) is 11.6 Å². The summed E-state index contributed by atoms with van der Waals surface area (Å²) < 4.78 is 0. The third-order valence-corrected chi connectivity index (χ3v) is 3.21. The Morgan fingerprint density at radius 1 is 1.18 bits per heavy atom. The second-order valence-corrected chi connectivity index (χ2v) is 4.33. The summed E-state index contributed by atoms with van der Waals surface area (Å²) in [5.74, 6) is 0. The first-order valence-corrected chi connectivity index (χ1v) is 5.68. The van der Waals surface area contributed by atoms with Gasteiger partial charge in [-0.25, -0.2) is 9.97 Å². The van der Waals surface area contributed by atoms with Gasteiger partial charge in [-0.3, -0.25) is 0 Å². The second-order valence-electron chi connectivity index (χ2n) is 3.93.